The van der Waals surface area contributed by atoms with Crippen LogP contribution in [0.4, 0.5) is 17.1 Å². The molecule has 3 aromatic carbocycles. The van der Waals surface area contributed by atoms with Gasteiger partial charge in [-0.15, -0.1) is 0 Å². The van der Waals surface area contributed by atoms with E-state index in [9.17, 15) is 9.59 Å². The molecule has 0 bridgehead atoms. The van der Waals surface area contributed by atoms with E-state index in [0.29, 0.717) is 28.4 Å². The first-order valence-electron chi connectivity index (χ1n) is 13.3. The van der Waals surface area contributed by atoms with Gasteiger partial charge in [-0.3, -0.25) is 9.59 Å². The number of hydrogen-bond acceptors (Lipinski definition) is 6. The summed E-state index contributed by atoms with van der Waals surface area (Å²) in [6.45, 7) is 4.23. The molecule has 2 N–H and O–H groups in total. The SMILES string of the molecule is COc1ccccc1N1CCN(c2ccc(NC(=O)c3ccc(Cl)cc3)cc2C(=O)NC[C@@H]2CCCO2)CC1. The number of carbonyl (C=O) groups excluding carboxylic acids is 2. The van der Waals surface area contributed by atoms with E-state index in [4.69, 9.17) is 21.1 Å². The van der Waals surface area contributed by atoms with Gasteiger partial charge in [0.2, 0.25) is 0 Å². The van der Waals surface area contributed by atoms with Crippen molar-refractivity contribution < 1.29 is 19.1 Å². The van der Waals surface area contributed by atoms with Gasteiger partial charge in [-0.05, 0) is 67.4 Å². The van der Waals surface area contributed by atoms with Crippen LogP contribution in [0.2, 0.25) is 5.02 Å². The molecule has 0 spiro atoms. The van der Waals surface area contributed by atoms with Gasteiger partial charge in [0.05, 0.1) is 24.5 Å². The number of para-hydroxylation sites is 2. The van der Waals surface area contributed by atoms with Gasteiger partial charge in [0, 0.05) is 61.3 Å². The van der Waals surface area contributed by atoms with Crippen LogP contribution in [-0.4, -0.2) is 64.4 Å². The summed E-state index contributed by atoms with van der Waals surface area (Å²) in [5.41, 5.74) is 3.46. The van der Waals surface area contributed by atoms with Gasteiger partial charge in [-0.25, -0.2) is 0 Å². The molecule has 1 atom stereocenters. The molecule has 5 rings (SSSR count). The Labute approximate surface area is 233 Å². The largest absolute Gasteiger partial charge is 0.495 e. The van der Waals surface area contributed by atoms with Crippen molar-refractivity contribution >= 4 is 40.5 Å². The van der Waals surface area contributed by atoms with Crippen LogP contribution in [0.3, 0.4) is 0 Å². The number of ether oxygens (including phenoxy) is 2. The molecular formula is C30H33ClN4O4. The minimum Gasteiger partial charge on any atom is -0.495 e. The molecule has 2 aliphatic rings. The lowest BCUT2D eigenvalue weighted by Gasteiger charge is -2.38. The molecule has 2 amide bonds. The lowest BCUT2D eigenvalue weighted by molar-refractivity contribution is 0.0858. The maximum atomic E-state index is 13.4. The summed E-state index contributed by atoms with van der Waals surface area (Å²) in [6, 6.07) is 20.2. The van der Waals surface area contributed by atoms with Crippen LogP contribution in [0.25, 0.3) is 0 Å². The first kappa shape index (κ1) is 26.8. The molecule has 2 saturated heterocycles. The first-order valence-corrected chi connectivity index (χ1v) is 13.6. The number of nitrogens with one attached hydrogen (secondary N) is 2. The molecule has 0 saturated carbocycles. The second kappa shape index (κ2) is 12.4. The Morgan fingerprint density at radius 3 is 2.36 bits per heavy atom. The molecule has 204 valence electrons. The molecule has 0 aliphatic carbocycles. The Balaban J connectivity index is 1.34. The van der Waals surface area contributed by atoms with Crippen LogP contribution in [0.1, 0.15) is 33.6 Å². The normalized spacial score (nSPS) is 17.1. The van der Waals surface area contributed by atoms with Crippen molar-refractivity contribution in [2.45, 2.75) is 18.9 Å². The highest BCUT2D eigenvalue weighted by atomic mass is 35.5. The highest BCUT2D eigenvalue weighted by Crippen LogP contribution is 2.31. The summed E-state index contributed by atoms with van der Waals surface area (Å²) in [6.07, 6.45) is 1.98. The molecule has 3 aromatic rings. The summed E-state index contributed by atoms with van der Waals surface area (Å²) in [5, 5.41) is 6.52. The van der Waals surface area contributed by atoms with Crippen LogP contribution in [0, 0.1) is 0 Å². The zero-order chi connectivity index (χ0) is 27.2. The third kappa shape index (κ3) is 6.46. The van der Waals surface area contributed by atoms with Crippen molar-refractivity contribution in [2.24, 2.45) is 0 Å². The maximum absolute atomic E-state index is 13.4. The van der Waals surface area contributed by atoms with Crippen molar-refractivity contribution in [2.75, 3.05) is 61.6 Å². The van der Waals surface area contributed by atoms with Crippen LogP contribution < -0.4 is 25.2 Å². The summed E-state index contributed by atoms with van der Waals surface area (Å²) in [4.78, 5) is 30.8. The highest BCUT2D eigenvalue weighted by molar-refractivity contribution is 6.30. The fourth-order valence-electron chi connectivity index (χ4n) is 5.06. The van der Waals surface area contributed by atoms with E-state index < -0.39 is 0 Å². The minimum absolute atomic E-state index is 0.0367. The fourth-order valence-corrected chi connectivity index (χ4v) is 5.19. The molecule has 2 heterocycles. The molecule has 0 aromatic heterocycles. The summed E-state index contributed by atoms with van der Waals surface area (Å²) in [5.74, 6) is 0.395. The Bertz CT molecular complexity index is 1300. The average Bonchev–Trinajstić information content (AvgIpc) is 3.50. The second-order valence-corrected chi connectivity index (χ2v) is 10.1. The van der Waals surface area contributed by atoms with Gasteiger partial charge >= 0.3 is 0 Å². The summed E-state index contributed by atoms with van der Waals surface area (Å²) in [7, 11) is 1.68. The van der Waals surface area contributed by atoms with Crippen molar-refractivity contribution in [1.82, 2.24) is 5.32 Å². The van der Waals surface area contributed by atoms with E-state index in [-0.39, 0.29) is 17.9 Å². The average molecular weight is 549 g/mol. The number of amides is 2. The van der Waals surface area contributed by atoms with Crippen LogP contribution in [0.15, 0.2) is 66.7 Å². The van der Waals surface area contributed by atoms with Gasteiger partial charge in [-0.1, -0.05) is 23.7 Å². The molecule has 9 heteroatoms. The number of carbonyl (C=O) groups is 2. The monoisotopic (exact) mass is 548 g/mol. The van der Waals surface area contributed by atoms with Crippen molar-refractivity contribution in [3.05, 3.63) is 82.9 Å². The number of benzene rings is 3. The Morgan fingerprint density at radius 2 is 1.67 bits per heavy atom. The quantitative estimate of drug-likeness (QED) is 0.419. The number of rotatable bonds is 8. The molecule has 39 heavy (non-hydrogen) atoms. The molecule has 8 nitrogen and oxygen atoms in total. The second-order valence-electron chi connectivity index (χ2n) is 9.68. The van der Waals surface area contributed by atoms with E-state index in [1.54, 1.807) is 37.4 Å². The van der Waals surface area contributed by atoms with Crippen LogP contribution >= 0.6 is 11.6 Å². The van der Waals surface area contributed by atoms with Crippen molar-refractivity contribution in [3.63, 3.8) is 0 Å². The predicted octanol–water partition coefficient (Wildman–Crippen LogP) is 4.84. The Kier molecular flexibility index (Phi) is 8.54. The zero-order valence-corrected chi connectivity index (χ0v) is 22.7. The van der Waals surface area contributed by atoms with E-state index >= 15 is 0 Å². The third-order valence-corrected chi connectivity index (χ3v) is 7.42. The minimum atomic E-state index is -0.268. The lowest BCUT2D eigenvalue weighted by Crippen LogP contribution is -2.47. The number of methoxy groups -OCH3 is 1. The van der Waals surface area contributed by atoms with Gasteiger partial charge < -0.3 is 29.9 Å². The summed E-state index contributed by atoms with van der Waals surface area (Å²) >= 11 is 5.96. The van der Waals surface area contributed by atoms with Crippen molar-refractivity contribution in [3.8, 4) is 5.75 Å². The number of halogens is 1. The van der Waals surface area contributed by atoms with E-state index in [0.717, 1.165) is 62.8 Å². The predicted molar refractivity (Wildman–Crippen MR) is 155 cm³/mol. The van der Waals surface area contributed by atoms with Crippen LogP contribution in [0.5, 0.6) is 5.75 Å². The fraction of sp³-hybridized carbons (Fsp3) is 0.333. The van der Waals surface area contributed by atoms with E-state index in [1.165, 1.54) is 0 Å². The maximum Gasteiger partial charge on any atom is 0.255 e. The number of piperazine rings is 1. The number of nitrogens with zero attached hydrogens (tertiary/aromatic N) is 2. The van der Waals surface area contributed by atoms with Gasteiger partial charge in [0.1, 0.15) is 5.75 Å². The molecule has 2 aliphatic heterocycles. The third-order valence-electron chi connectivity index (χ3n) is 7.17. The highest BCUT2D eigenvalue weighted by Gasteiger charge is 2.25. The molecule has 0 unspecified atom stereocenters. The van der Waals surface area contributed by atoms with Gasteiger partial charge in [0.15, 0.2) is 0 Å². The van der Waals surface area contributed by atoms with Crippen molar-refractivity contribution in [1.29, 1.82) is 0 Å². The van der Waals surface area contributed by atoms with Crippen LogP contribution in [-0.2, 0) is 4.74 Å². The Hall–Kier alpha value is -3.75. The van der Waals surface area contributed by atoms with E-state index in [1.807, 2.05) is 30.3 Å². The Morgan fingerprint density at radius 1 is 0.949 bits per heavy atom. The smallest absolute Gasteiger partial charge is 0.255 e. The lowest BCUT2D eigenvalue weighted by atomic mass is 10.1. The van der Waals surface area contributed by atoms with Gasteiger partial charge in [-0.2, -0.15) is 0 Å². The molecule has 2 fully saturated rings. The summed E-state index contributed by atoms with van der Waals surface area (Å²) < 4.78 is 11.2. The van der Waals surface area contributed by atoms with E-state index in [2.05, 4.69) is 26.5 Å². The topological polar surface area (TPSA) is 83.1 Å². The zero-order valence-electron chi connectivity index (χ0n) is 22.0. The molecular weight excluding hydrogens is 516 g/mol. The standard InChI is InChI=1S/C30H33ClN4O4/c1-38-28-7-3-2-6-27(28)35-16-14-34(15-17-35)26-13-12-23(33-29(36)21-8-10-22(31)11-9-21)19-25(26)30(37)32-20-24-5-4-18-39-24/h2-3,6-13,19,24H,4-5,14-18,20H2,1H3,(H,32,37)(H,33,36)/t24-/m0/s1. The number of anilines is 3. The number of hydrogen-bond donors (Lipinski definition) is 2. The molecule has 0 radical (unpaired) electrons. The first-order chi connectivity index (χ1) is 19.0. The van der Waals surface area contributed by atoms with Gasteiger partial charge in [0.25, 0.3) is 11.8 Å².